The Morgan fingerprint density at radius 3 is 2.62 bits per heavy atom. The van der Waals surface area contributed by atoms with Gasteiger partial charge >= 0.3 is 6.18 Å². The fourth-order valence-electron chi connectivity index (χ4n) is 3.12. The van der Waals surface area contributed by atoms with Gasteiger partial charge in [0, 0.05) is 30.8 Å². The van der Waals surface area contributed by atoms with E-state index in [1.807, 2.05) is 20.8 Å². The molecule has 0 saturated carbocycles. The highest BCUT2D eigenvalue weighted by atomic mass is 35.5. The fourth-order valence-corrected chi connectivity index (χ4v) is 3.40. The Labute approximate surface area is 171 Å². The Hall–Kier alpha value is -2.29. The van der Waals surface area contributed by atoms with Crippen LogP contribution in [-0.2, 0) is 16.4 Å². The van der Waals surface area contributed by atoms with Gasteiger partial charge in [-0.1, -0.05) is 37.5 Å². The Morgan fingerprint density at radius 2 is 2.03 bits per heavy atom. The summed E-state index contributed by atoms with van der Waals surface area (Å²) in [7, 11) is 0. The van der Waals surface area contributed by atoms with Crippen molar-refractivity contribution >= 4 is 29.1 Å². The third kappa shape index (κ3) is 5.01. The summed E-state index contributed by atoms with van der Waals surface area (Å²) in [6.45, 7) is 6.77. The highest BCUT2D eigenvalue weighted by molar-refractivity contribution is 6.33. The van der Waals surface area contributed by atoms with Crippen LogP contribution in [0.15, 0.2) is 22.9 Å². The predicted octanol–water partition coefficient (Wildman–Crippen LogP) is 4.89. The van der Waals surface area contributed by atoms with E-state index in [1.54, 1.807) is 11.0 Å². The highest BCUT2D eigenvalue weighted by Gasteiger charge is 2.33. The van der Waals surface area contributed by atoms with Gasteiger partial charge in [0.2, 0.25) is 5.91 Å². The number of nitrogens with one attached hydrogen (secondary N) is 1. The molecule has 10 heteroatoms. The summed E-state index contributed by atoms with van der Waals surface area (Å²) in [4.78, 5) is 18.3. The molecule has 29 heavy (non-hydrogen) atoms. The number of carbonyl (C=O) groups is 1. The lowest BCUT2D eigenvalue weighted by atomic mass is 9.93. The van der Waals surface area contributed by atoms with Crippen molar-refractivity contribution in [1.29, 1.82) is 0 Å². The van der Waals surface area contributed by atoms with E-state index in [2.05, 4.69) is 15.5 Å². The molecule has 1 amide bonds. The molecule has 3 rings (SSSR count). The first kappa shape index (κ1) is 21.4. The van der Waals surface area contributed by atoms with Crippen molar-refractivity contribution in [3.05, 3.63) is 34.7 Å². The zero-order valence-corrected chi connectivity index (χ0v) is 17.1. The van der Waals surface area contributed by atoms with Crippen LogP contribution in [0.4, 0.5) is 24.8 Å². The smallest absolute Gasteiger partial charge is 0.359 e. The number of nitrogens with zero attached hydrogens (tertiary/aromatic N) is 3. The van der Waals surface area contributed by atoms with Crippen molar-refractivity contribution in [3.63, 3.8) is 0 Å². The number of hydrogen-bond acceptors (Lipinski definition) is 5. The largest absolute Gasteiger partial charge is 0.417 e. The van der Waals surface area contributed by atoms with Crippen molar-refractivity contribution in [1.82, 2.24) is 10.1 Å². The molecule has 2 aromatic rings. The molecule has 0 aromatic carbocycles. The Bertz CT molecular complexity index is 892. The monoisotopic (exact) mass is 430 g/mol. The van der Waals surface area contributed by atoms with Gasteiger partial charge in [0.25, 0.3) is 0 Å². The molecule has 1 atom stereocenters. The Balaban J connectivity index is 1.69. The van der Waals surface area contributed by atoms with Crippen molar-refractivity contribution in [2.24, 2.45) is 5.92 Å². The number of rotatable bonds is 3. The van der Waals surface area contributed by atoms with Gasteiger partial charge < -0.3 is 14.7 Å². The second-order valence-corrected chi connectivity index (χ2v) is 8.54. The molecular formula is C19H22ClF3N4O2. The van der Waals surface area contributed by atoms with Gasteiger partial charge in [0.05, 0.1) is 16.5 Å². The zero-order chi connectivity index (χ0) is 21.4. The van der Waals surface area contributed by atoms with Crippen LogP contribution in [0.5, 0.6) is 0 Å². The standard InChI is InChI=1S/C19H22ClF3N4O2/c1-18(2,3)14-8-15(26-29-14)25-17(28)11-5-4-6-27(10-11)16-13(20)7-12(9-24-16)19(21,22)23/h7-9,11H,4-6,10H2,1-3H3,(H,25,26,28)/t11-/m1/s1. The second-order valence-electron chi connectivity index (χ2n) is 8.13. The van der Waals surface area contributed by atoms with Crippen molar-refractivity contribution in [2.45, 2.75) is 45.2 Å². The van der Waals surface area contributed by atoms with Crippen molar-refractivity contribution < 1.29 is 22.5 Å². The summed E-state index contributed by atoms with van der Waals surface area (Å²) in [5.41, 5.74) is -1.14. The molecule has 0 radical (unpaired) electrons. The molecule has 158 valence electrons. The SMILES string of the molecule is CC(C)(C)c1cc(NC(=O)[C@@H]2CCCN(c3ncc(C(F)(F)F)cc3Cl)C2)no1. The number of piperidine rings is 1. The summed E-state index contributed by atoms with van der Waals surface area (Å²) < 4.78 is 43.7. The minimum Gasteiger partial charge on any atom is -0.359 e. The number of carbonyl (C=O) groups excluding carboxylic acids is 1. The lowest BCUT2D eigenvalue weighted by molar-refractivity contribution is -0.137. The summed E-state index contributed by atoms with van der Waals surface area (Å²) in [5.74, 6) is 0.625. The molecule has 0 aliphatic carbocycles. The Kier molecular flexibility index (Phi) is 5.80. The van der Waals surface area contributed by atoms with Crippen LogP contribution in [-0.4, -0.2) is 29.1 Å². The molecule has 0 spiro atoms. The lowest BCUT2D eigenvalue weighted by Gasteiger charge is -2.33. The summed E-state index contributed by atoms with van der Waals surface area (Å²) in [5, 5.41) is 6.54. The molecule has 3 heterocycles. The number of halogens is 4. The molecule has 1 aliphatic rings. The normalized spacial score (nSPS) is 18.0. The molecule has 2 aromatic heterocycles. The molecule has 1 saturated heterocycles. The van der Waals surface area contributed by atoms with Gasteiger partial charge in [0.1, 0.15) is 11.6 Å². The molecule has 0 bridgehead atoms. The topological polar surface area (TPSA) is 71.3 Å². The molecule has 1 fully saturated rings. The third-order valence-electron chi connectivity index (χ3n) is 4.74. The average molecular weight is 431 g/mol. The van der Waals surface area contributed by atoms with Crippen LogP contribution >= 0.6 is 11.6 Å². The zero-order valence-electron chi connectivity index (χ0n) is 16.3. The first-order chi connectivity index (χ1) is 13.4. The number of pyridine rings is 1. The van der Waals surface area contributed by atoms with E-state index in [0.29, 0.717) is 37.5 Å². The summed E-state index contributed by atoms with van der Waals surface area (Å²) in [6, 6.07) is 2.55. The fraction of sp³-hybridized carbons (Fsp3) is 0.526. The van der Waals surface area contributed by atoms with Crippen LogP contribution in [0, 0.1) is 5.92 Å². The first-order valence-electron chi connectivity index (χ1n) is 9.21. The van der Waals surface area contributed by atoms with E-state index in [9.17, 15) is 18.0 Å². The van der Waals surface area contributed by atoms with Crippen molar-refractivity contribution in [3.8, 4) is 0 Å². The summed E-state index contributed by atoms with van der Waals surface area (Å²) in [6.07, 6.45) is -2.43. The summed E-state index contributed by atoms with van der Waals surface area (Å²) >= 11 is 6.04. The van der Waals surface area contributed by atoms with Gasteiger partial charge in [-0.05, 0) is 18.9 Å². The van der Waals surface area contributed by atoms with Gasteiger partial charge in [-0.15, -0.1) is 0 Å². The maximum atomic E-state index is 12.8. The minimum atomic E-state index is -4.51. The second kappa shape index (κ2) is 7.85. The van der Waals surface area contributed by atoms with Crippen LogP contribution in [0.2, 0.25) is 5.02 Å². The molecule has 6 nitrogen and oxygen atoms in total. The lowest BCUT2D eigenvalue weighted by Crippen LogP contribution is -2.41. The van der Waals surface area contributed by atoms with Gasteiger partial charge in [-0.3, -0.25) is 4.79 Å². The molecule has 1 N–H and O–H groups in total. The van der Waals surface area contributed by atoms with Crippen LogP contribution in [0.1, 0.15) is 44.9 Å². The van der Waals surface area contributed by atoms with Crippen LogP contribution in [0.3, 0.4) is 0 Å². The quantitative estimate of drug-likeness (QED) is 0.750. The average Bonchev–Trinajstić information content (AvgIpc) is 3.10. The van der Waals surface area contributed by atoms with E-state index in [0.717, 1.165) is 12.3 Å². The van der Waals surface area contributed by atoms with Crippen LogP contribution in [0.25, 0.3) is 0 Å². The third-order valence-corrected chi connectivity index (χ3v) is 5.02. The predicted molar refractivity (Wildman–Crippen MR) is 103 cm³/mol. The van der Waals surface area contributed by atoms with Gasteiger partial charge in [0.15, 0.2) is 5.82 Å². The van der Waals surface area contributed by atoms with E-state index in [4.69, 9.17) is 16.1 Å². The molecule has 1 aliphatic heterocycles. The van der Waals surface area contributed by atoms with Gasteiger partial charge in [-0.2, -0.15) is 13.2 Å². The van der Waals surface area contributed by atoms with Gasteiger partial charge in [-0.25, -0.2) is 4.98 Å². The Morgan fingerprint density at radius 1 is 1.31 bits per heavy atom. The van der Waals surface area contributed by atoms with E-state index < -0.39 is 11.7 Å². The maximum absolute atomic E-state index is 12.8. The van der Waals surface area contributed by atoms with E-state index in [1.165, 1.54) is 0 Å². The van der Waals surface area contributed by atoms with Crippen molar-refractivity contribution in [2.75, 3.05) is 23.3 Å². The number of amides is 1. The van der Waals surface area contributed by atoms with Crippen LogP contribution < -0.4 is 10.2 Å². The number of hydrogen-bond donors (Lipinski definition) is 1. The maximum Gasteiger partial charge on any atom is 0.417 e. The minimum absolute atomic E-state index is 0.0906. The van der Waals surface area contributed by atoms with E-state index in [-0.39, 0.29) is 28.1 Å². The van der Waals surface area contributed by atoms with E-state index >= 15 is 0 Å². The molecule has 0 unspecified atom stereocenters. The number of anilines is 2. The highest BCUT2D eigenvalue weighted by Crippen LogP contribution is 2.35. The molecular weight excluding hydrogens is 409 g/mol. The first-order valence-corrected chi connectivity index (χ1v) is 9.58. The number of aromatic nitrogens is 2. The number of alkyl halides is 3.